The molecule has 2 heterocycles. The Labute approximate surface area is 257 Å². The number of hydrogen-bond donors (Lipinski definition) is 0. The standard InChI is InChI=1S/C38H34N2O4/c1-3-42-37(41)24-38(2,29-14-20-33(21-15-29)43-25-31-18-12-27-8-4-6-10-35(27)39-31)30-16-22-34(23-17-30)44-26-32-19-13-28-9-5-7-11-36(28)40-32/h4-23H,3,24-26H2,1-2H3. The molecule has 0 atom stereocenters. The Morgan fingerprint density at radius 1 is 0.614 bits per heavy atom. The second-order valence-corrected chi connectivity index (χ2v) is 10.9. The molecule has 0 N–H and O–H groups in total. The third kappa shape index (κ3) is 6.55. The summed E-state index contributed by atoms with van der Waals surface area (Å²) < 4.78 is 17.5. The third-order valence-electron chi connectivity index (χ3n) is 7.87. The zero-order valence-electron chi connectivity index (χ0n) is 24.9. The van der Waals surface area contributed by atoms with Crippen molar-refractivity contribution in [2.45, 2.75) is 38.9 Å². The fourth-order valence-electron chi connectivity index (χ4n) is 5.40. The van der Waals surface area contributed by atoms with Gasteiger partial charge in [-0.25, -0.2) is 9.97 Å². The van der Waals surface area contributed by atoms with Gasteiger partial charge in [0.1, 0.15) is 24.7 Å². The highest BCUT2D eigenvalue weighted by atomic mass is 16.5. The minimum atomic E-state index is -0.622. The summed E-state index contributed by atoms with van der Waals surface area (Å²) in [4.78, 5) is 22.2. The second-order valence-electron chi connectivity index (χ2n) is 10.9. The largest absolute Gasteiger partial charge is 0.487 e. The van der Waals surface area contributed by atoms with Crippen molar-refractivity contribution in [3.8, 4) is 11.5 Å². The monoisotopic (exact) mass is 582 g/mol. The number of hydrogen-bond acceptors (Lipinski definition) is 6. The predicted octanol–water partition coefficient (Wildman–Crippen LogP) is 8.20. The van der Waals surface area contributed by atoms with Crippen molar-refractivity contribution in [1.29, 1.82) is 0 Å². The van der Waals surface area contributed by atoms with E-state index in [1.54, 1.807) is 0 Å². The van der Waals surface area contributed by atoms with Gasteiger partial charge < -0.3 is 14.2 Å². The molecule has 220 valence electrons. The Hall–Kier alpha value is -5.23. The number of aromatic nitrogens is 2. The number of esters is 1. The van der Waals surface area contributed by atoms with Gasteiger partial charge in [-0.05, 0) is 66.6 Å². The first-order valence-electron chi connectivity index (χ1n) is 14.8. The van der Waals surface area contributed by atoms with Crippen LogP contribution in [0.3, 0.4) is 0 Å². The van der Waals surface area contributed by atoms with Crippen molar-refractivity contribution in [2.75, 3.05) is 6.61 Å². The first kappa shape index (κ1) is 28.9. The van der Waals surface area contributed by atoms with Gasteiger partial charge in [0.25, 0.3) is 0 Å². The first-order valence-corrected chi connectivity index (χ1v) is 14.8. The Balaban J connectivity index is 1.16. The number of carbonyl (C=O) groups is 1. The Kier molecular flexibility index (Phi) is 8.50. The minimum absolute atomic E-state index is 0.198. The highest BCUT2D eigenvalue weighted by molar-refractivity contribution is 5.79. The van der Waals surface area contributed by atoms with Crippen molar-refractivity contribution in [3.63, 3.8) is 0 Å². The van der Waals surface area contributed by atoms with E-state index in [-0.39, 0.29) is 12.4 Å². The van der Waals surface area contributed by atoms with Crippen LogP contribution in [0.15, 0.2) is 121 Å². The van der Waals surface area contributed by atoms with Crippen LogP contribution in [0.2, 0.25) is 0 Å². The molecule has 4 aromatic carbocycles. The van der Waals surface area contributed by atoms with Crippen molar-refractivity contribution in [3.05, 3.63) is 144 Å². The highest BCUT2D eigenvalue weighted by Crippen LogP contribution is 2.37. The van der Waals surface area contributed by atoms with Crippen LogP contribution in [0.25, 0.3) is 21.8 Å². The molecule has 0 saturated carbocycles. The summed E-state index contributed by atoms with van der Waals surface area (Å²) in [6.45, 7) is 4.94. The van der Waals surface area contributed by atoms with E-state index in [2.05, 4.69) is 19.1 Å². The lowest BCUT2D eigenvalue weighted by Gasteiger charge is -2.30. The van der Waals surface area contributed by atoms with Crippen LogP contribution in [-0.2, 0) is 28.2 Å². The number of pyridine rings is 2. The van der Waals surface area contributed by atoms with Gasteiger partial charge in [0.15, 0.2) is 0 Å². The Morgan fingerprint density at radius 2 is 1.07 bits per heavy atom. The lowest BCUT2D eigenvalue weighted by atomic mass is 9.73. The summed E-state index contributed by atoms with van der Waals surface area (Å²) in [5, 5.41) is 2.20. The predicted molar refractivity (Wildman–Crippen MR) is 173 cm³/mol. The van der Waals surface area contributed by atoms with E-state index in [4.69, 9.17) is 24.2 Å². The van der Waals surface area contributed by atoms with Gasteiger partial charge >= 0.3 is 5.97 Å². The average molecular weight is 583 g/mol. The van der Waals surface area contributed by atoms with Crippen molar-refractivity contribution < 1.29 is 19.0 Å². The number of benzene rings is 4. The van der Waals surface area contributed by atoms with Crippen molar-refractivity contribution >= 4 is 27.8 Å². The molecule has 0 bridgehead atoms. The molecule has 0 spiro atoms. The molecule has 2 aromatic heterocycles. The second kappa shape index (κ2) is 13.0. The quantitative estimate of drug-likeness (QED) is 0.143. The summed E-state index contributed by atoms with van der Waals surface area (Å²) in [6.07, 6.45) is 0.198. The maximum atomic E-state index is 12.8. The summed E-state index contributed by atoms with van der Waals surface area (Å²) in [5.74, 6) is 1.21. The number of ether oxygens (including phenoxy) is 3. The lowest BCUT2D eigenvalue weighted by Crippen LogP contribution is -2.28. The normalized spacial score (nSPS) is 11.4. The fraction of sp³-hybridized carbons (Fsp3) is 0.184. The number of rotatable bonds is 11. The zero-order chi connectivity index (χ0) is 30.4. The molecule has 0 aliphatic carbocycles. The number of nitrogens with zero attached hydrogens (tertiary/aromatic N) is 2. The van der Waals surface area contributed by atoms with Gasteiger partial charge in [-0.15, -0.1) is 0 Å². The van der Waals surface area contributed by atoms with Crippen LogP contribution in [0.1, 0.15) is 42.8 Å². The van der Waals surface area contributed by atoms with Gasteiger partial charge in [0.2, 0.25) is 0 Å². The number of carbonyl (C=O) groups excluding carboxylic acids is 1. The van der Waals surface area contributed by atoms with E-state index in [1.807, 2.05) is 116 Å². The lowest BCUT2D eigenvalue weighted by molar-refractivity contribution is -0.144. The van der Waals surface area contributed by atoms with Gasteiger partial charge in [-0.2, -0.15) is 0 Å². The van der Waals surface area contributed by atoms with E-state index in [0.717, 1.165) is 55.8 Å². The first-order chi connectivity index (χ1) is 21.5. The molecule has 6 heteroatoms. The van der Waals surface area contributed by atoms with Crippen LogP contribution in [0.5, 0.6) is 11.5 Å². The van der Waals surface area contributed by atoms with E-state index < -0.39 is 5.41 Å². The molecule has 0 aliphatic rings. The van der Waals surface area contributed by atoms with E-state index in [0.29, 0.717) is 19.8 Å². The summed E-state index contributed by atoms with van der Waals surface area (Å²) in [7, 11) is 0. The van der Waals surface area contributed by atoms with Gasteiger partial charge in [0.05, 0.1) is 35.4 Å². The maximum absolute atomic E-state index is 12.8. The van der Waals surface area contributed by atoms with E-state index in [1.165, 1.54) is 0 Å². The third-order valence-corrected chi connectivity index (χ3v) is 7.87. The number of para-hydroxylation sites is 2. The molecular weight excluding hydrogens is 548 g/mol. The molecule has 0 amide bonds. The van der Waals surface area contributed by atoms with E-state index >= 15 is 0 Å². The summed E-state index contributed by atoms with van der Waals surface area (Å²) in [6, 6.07) is 39.9. The van der Waals surface area contributed by atoms with Gasteiger partial charge in [-0.1, -0.05) is 79.7 Å². The fourth-order valence-corrected chi connectivity index (χ4v) is 5.40. The Bertz CT molecular complexity index is 1760. The smallest absolute Gasteiger partial charge is 0.307 e. The van der Waals surface area contributed by atoms with Crippen molar-refractivity contribution in [1.82, 2.24) is 9.97 Å². The molecule has 6 aromatic rings. The maximum Gasteiger partial charge on any atom is 0.307 e. The van der Waals surface area contributed by atoms with Crippen LogP contribution in [-0.4, -0.2) is 22.5 Å². The van der Waals surface area contributed by atoms with Crippen molar-refractivity contribution in [2.24, 2.45) is 0 Å². The van der Waals surface area contributed by atoms with Gasteiger partial charge in [-0.3, -0.25) is 4.79 Å². The molecule has 0 fully saturated rings. The summed E-state index contributed by atoms with van der Waals surface area (Å²) in [5.41, 5.74) is 4.95. The van der Waals surface area contributed by atoms with Crippen LogP contribution in [0.4, 0.5) is 0 Å². The zero-order valence-corrected chi connectivity index (χ0v) is 24.9. The molecule has 0 unspecified atom stereocenters. The molecule has 44 heavy (non-hydrogen) atoms. The van der Waals surface area contributed by atoms with Gasteiger partial charge in [0, 0.05) is 16.2 Å². The van der Waals surface area contributed by atoms with E-state index in [9.17, 15) is 4.79 Å². The molecule has 6 rings (SSSR count). The van der Waals surface area contributed by atoms with Crippen LogP contribution >= 0.6 is 0 Å². The van der Waals surface area contributed by atoms with Crippen LogP contribution in [0, 0.1) is 0 Å². The Morgan fingerprint density at radius 3 is 1.52 bits per heavy atom. The number of fused-ring (bicyclic) bond motifs is 2. The molecule has 6 nitrogen and oxygen atoms in total. The topological polar surface area (TPSA) is 70.5 Å². The SMILES string of the molecule is CCOC(=O)CC(C)(c1ccc(OCc2ccc3ccccc3n2)cc1)c1ccc(OCc2ccc3ccccc3n2)cc1. The molecule has 0 saturated heterocycles. The minimum Gasteiger partial charge on any atom is -0.487 e. The van der Waals surface area contributed by atoms with Crippen LogP contribution < -0.4 is 9.47 Å². The highest BCUT2D eigenvalue weighted by Gasteiger charge is 2.32. The molecule has 0 aliphatic heterocycles. The molecule has 0 radical (unpaired) electrons. The average Bonchev–Trinajstić information content (AvgIpc) is 3.06. The summed E-state index contributed by atoms with van der Waals surface area (Å²) >= 11 is 0. The molecular formula is C38H34N2O4.